The van der Waals surface area contributed by atoms with Crippen molar-refractivity contribution < 1.29 is 9.53 Å². The van der Waals surface area contributed by atoms with Crippen LogP contribution in [-0.4, -0.2) is 13.0 Å². The van der Waals surface area contributed by atoms with Crippen molar-refractivity contribution in [2.75, 3.05) is 12.4 Å². The molecule has 0 aliphatic carbocycles. The molecule has 0 heterocycles. The quantitative estimate of drug-likeness (QED) is 0.829. The fourth-order valence-electron chi connectivity index (χ4n) is 1.50. The van der Waals surface area contributed by atoms with Crippen LogP contribution in [0.2, 0.25) is 0 Å². The molecule has 88 valence electrons. The fourth-order valence-corrected chi connectivity index (χ4v) is 1.50. The van der Waals surface area contributed by atoms with Crippen LogP contribution in [0.3, 0.4) is 0 Å². The van der Waals surface area contributed by atoms with Crippen molar-refractivity contribution in [2.24, 2.45) is 0 Å². The Balaban J connectivity index is 2.65. The summed E-state index contributed by atoms with van der Waals surface area (Å²) in [6, 6.07) is 5.70. The Kier molecular flexibility index (Phi) is 4.83. The van der Waals surface area contributed by atoms with Gasteiger partial charge in [-0.2, -0.15) is 0 Å². The Morgan fingerprint density at radius 2 is 2.12 bits per heavy atom. The summed E-state index contributed by atoms with van der Waals surface area (Å²) in [6.45, 7) is 4.05. The van der Waals surface area contributed by atoms with E-state index in [4.69, 9.17) is 4.74 Å². The largest absolute Gasteiger partial charge is 0.497 e. The Morgan fingerprint density at radius 3 is 2.75 bits per heavy atom. The van der Waals surface area contributed by atoms with E-state index in [1.165, 1.54) is 0 Å². The van der Waals surface area contributed by atoms with Gasteiger partial charge < -0.3 is 10.1 Å². The minimum Gasteiger partial charge on any atom is -0.497 e. The van der Waals surface area contributed by atoms with E-state index >= 15 is 0 Å². The van der Waals surface area contributed by atoms with Crippen LogP contribution in [0.1, 0.15) is 31.7 Å². The van der Waals surface area contributed by atoms with Gasteiger partial charge >= 0.3 is 0 Å². The van der Waals surface area contributed by atoms with Gasteiger partial charge in [-0.3, -0.25) is 4.79 Å². The maximum absolute atomic E-state index is 11.5. The molecule has 3 heteroatoms. The fraction of sp³-hybridized carbons (Fsp3) is 0.462. The second-order valence-electron chi connectivity index (χ2n) is 3.89. The standard InChI is InChI=1S/C13H19NO2/c1-4-5-6-13(15)14-11-7-10(2)8-12(9-11)16-3/h7-9H,4-6H2,1-3H3,(H,14,15). The summed E-state index contributed by atoms with van der Waals surface area (Å²) in [6.07, 6.45) is 2.53. The lowest BCUT2D eigenvalue weighted by atomic mass is 10.2. The third-order valence-electron chi connectivity index (χ3n) is 2.33. The molecule has 0 aromatic heterocycles. The van der Waals surface area contributed by atoms with Crippen molar-refractivity contribution >= 4 is 11.6 Å². The molecule has 0 radical (unpaired) electrons. The number of nitrogens with one attached hydrogen (secondary N) is 1. The average molecular weight is 221 g/mol. The Bertz CT molecular complexity index is 361. The van der Waals surface area contributed by atoms with E-state index in [-0.39, 0.29) is 5.91 Å². The van der Waals surface area contributed by atoms with Gasteiger partial charge in [-0.05, 0) is 31.0 Å². The molecular weight excluding hydrogens is 202 g/mol. The van der Waals surface area contributed by atoms with Crippen molar-refractivity contribution in [2.45, 2.75) is 33.1 Å². The van der Waals surface area contributed by atoms with E-state index in [0.717, 1.165) is 29.8 Å². The van der Waals surface area contributed by atoms with Gasteiger partial charge in [0.2, 0.25) is 5.91 Å². The summed E-state index contributed by atoms with van der Waals surface area (Å²) < 4.78 is 5.15. The van der Waals surface area contributed by atoms with Crippen LogP contribution in [-0.2, 0) is 4.79 Å². The highest BCUT2D eigenvalue weighted by atomic mass is 16.5. The predicted octanol–water partition coefficient (Wildman–Crippen LogP) is 3.13. The molecule has 0 atom stereocenters. The van der Waals surface area contributed by atoms with Gasteiger partial charge in [-0.1, -0.05) is 13.3 Å². The first kappa shape index (κ1) is 12.6. The van der Waals surface area contributed by atoms with Crippen LogP contribution in [0.4, 0.5) is 5.69 Å². The highest BCUT2D eigenvalue weighted by Gasteiger charge is 2.03. The molecule has 0 fully saturated rings. The normalized spacial score (nSPS) is 9.94. The van der Waals surface area contributed by atoms with E-state index < -0.39 is 0 Å². The number of anilines is 1. The number of ether oxygens (including phenoxy) is 1. The zero-order chi connectivity index (χ0) is 12.0. The summed E-state index contributed by atoms with van der Waals surface area (Å²) in [5.41, 5.74) is 1.88. The second kappa shape index (κ2) is 6.16. The van der Waals surface area contributed by atoms with Gasteiger partial charge in [0.05, 0.1) is 7.11 Å². The summed E-state index contributed by atoms with van der Waals surface area (Å²) in [7, 11) is 1.62. The maximum atomic E-state index is 11.5. The first-order chi connectivity index (χ1) is 7.65. The van der Waals surface area contributed by atoms with E-state index in [0.29, 0.717) is 6.42 Å². The van der Waals surface area contributed by atoms with Crippen LogP contribution in [0.5, 0.6) is 5.75 Å². The van der Waals surface area contributed by atoms with Crippen LogP contribution in [0.25, 0.3) is 0 Å². The SMILES string of the molecule is CCCCC(=O)Nc1cc(C)cc(OC)c1. The number of benzene rings is 1. The number of rotatable bonds is 5. The summed E-state index contributed by atoms with van der Waals surface area (Å²) >= 11 is 0. The lowest BCUT2D eigenvalue weighted by Crippen LogP contribution is -2.11. The number of methoxy groups -OCH3 is 1. The molecule has 1 aromatic rings. The molecular formula is C13H19NO2. The van der Waals surface area contributed by atoms with Gasteiger partial charge in [0.25, 0.3) is 0 Å². The number of hydrogen-bond donors (Lipinski definition) is 1. The molecule has 0 bridgehead atoms. The number of hydrogen-bond acceptors (Lipinski definition) is 2. The average Bonchev–Trinajstić information content (AvgIpc) is 2.25. The Hall–Kier alpha value is -1.51. The first-order valence-electron chi connectivity index (χ1n) is 5.61. The monoisotopic (exact) mass is 221 g/mol. The summed E-state index contributed by atoms with van der Waals surface area (Å²) in [5, 5.41) is 2.87. The Morgan fingerprint density at radius 1 is 1.38 bits per heavy atom. The Labute approximate surface area is 96.8 Å². The van der Waals surface area contributed by atoms with Crippen molar-refractivity contribution in [1.29, 1.82) is 0 Å². The topological polar surface area (TPSA) is 38.3 Å². The smallest absolute Gasteiger partial charge is 0.224 e. The minimum absolute atomic E-state index is 0.0644. The summed E-state index contributed by atoms with van der Waals surface area (Å²) in [5.74, 6) is 0.834. The third-order valence-corrected chi connectivity index (χ3v) is 2.33. The number of carbonyl (C=O) groups excluding carboxylic acids is 1. The zero-order valence-corrected chi connectivity index (χ0v) is 10.2. The molecule has 1 N–H and O–H groups in total. The van der Waals surface area contributed by atoms with Gasteiger partial charge in [0, 0.05) is 18.2 Å². The van der Waals surface area contributed by atoms with E-state index in [1.807, 2.05) is 25.1 Å². The zero-order valence-electron chi connectivity index (χ0n) is 10.2. The van der Waals surface area contributed by atoms with E-state index in [1.54, 1.807) is 7.11 Å². The second-order valence-corrected chi connectivity index (χ2v) is 3.89. The van der Waals surface area contributed by atoms with Crippen LogP contribution >= 0.6 is 0 Å². The van der Waals surface area contributed by atoms with Gasteiger partial charge in [0.15, 0.2) is 0 Å². The van der Waals surface area contributed by atoms with Gasteiger partial charge in [-0.25, -0.2) is 0 Å². The minimum atomic E-state index is 0.0644. The number of unbranched alkanes of at least 4 members (excludes halogenated alkanes) is 1. The van der Waals surface area contributed by atoms with Crippen LogP contribution < -0.4 is 10.1 Å². The van der Waals surface area contributed by atoms with Gasteiger partial charge in [-0.15, -0.1) is 0 Å². The van der Waals surface area contributed by atoms with E-state index in [2.05, 4.69) is 12.2 Å². The molecule has 0 saturated carbocycles. The highest BCUT2D eigenvalue weighted by molar-refractivity contribution is 5.90. The molecule has 1 rings (SSSR count). The molecule has 0 aliphatic heterocycles. The molecule has 3 nitrogen and oxygen atoms in total. The summed E-state index contributed by atoms with van der Waals surface area (Å²) in [4.78, 5) is 11.5. The number of aryl methyl sites for hydroxylation is 1. The van der Waals surface area contributed by atoms with E-state index in [9.17, 15) is 4.79 Å². The molecule has 1 aromatic carbocycles. The van der Waals surface area contributed by atoms with Crippen LogP contribution in [0.15, 0.2) is 18.2 Å². The molecule has 16 heavy (non-hydrogen) atoms. The molecule has 0 unspecified atom stereocenters. The number of carbonyl (C=O) groups is 1. The van der Waals surface area contributed by atoms with Crippen molar-refractivity contribution in [1.82, 2.24) is 0 Å². The van der Waals surface area contributed by atoms with Gasteiger partial charge in [0.1, 0.15) is 5.75 Å². The highest BCUT2D eigenvalue weighted by Crippen LogP contribution is 2.20. The van der Waals surface area contributed by atoms with Crippen molar-refractivity contribution in [3.63, 3.8) is 0 Å². The van der Waals surface area contributed by atoms with Crippen molar-refractivity contribution in [3.05, 3.63) is 23.8 Å². The molecule has 0 saturated heterocycles. The van der Waals surface area contributed by atoms with Crippen molar-refractivity contribution in [3.8, 4) is 5.75 Å². The molecule has 0 spiro atoms. The maximum Gasteiger partial charge on any atom is 0.224 e. The molecule has 1 amide bonds. The first-order valence-corrected chi connectivity index (χ1v) is 5.61. The molecule has 0 aliphatic rings. The number of amides is 1. The third kappa shape index (κ3) is 3.93. The lowest BCUT2D eigenvalue weighted by molar-refractivity contribution is -0.116. The lowest BCUT2D eigenvalue weighted by Gasteiger charge is -2.08. The van der Waals surface area contributed by atoms with Crippen LogP contribution in [0, 0.1) is 6.92 Å². The predicted molar refractivity (Wildman–Crippen MR) is 65.9 cm³/mol.